The summed E-state index contributed by atoms with van der Waals surface area (Å²) in [7, 11) is 0. The highest BCUT2D eigenvalue weighted by molar-refractivity contribution is 5.75. The Labute approximate surface area is 90.4 Å². The highest BCUT2D eigenvalue weighted by atomic mass is 19.2. The Bertz CT molecular complexity index is 493. The van der Waals surface area contributed by atoms with Gasteiger partial charge in [-0.15, -0.1) is 0 Å². The Morgan fingerprint density at radius 3 is 2.88 bits per heavy atom. The van der Waals surface area contributed by atoms with Crippen LogP contribution in [-0.2, 0) is 4.74 Å². The molecule has 16 heavy (non-hydrogen) atoms. The number of rotatable bonds is 1. The summed E-state index contributed by atoms with van der Waals surface area (Å²) in [5.41, 5.74) is 0.988. The Morgan fingerprint density at radius 2 is 2.12 bits per heavy atom. The van der Waals surface area contributed by atoms with E-state index in [0.29, 0.717) is 24.2 Å². The van der Waals surface area contributed by atoms with Gasteiger partial charge in [-0.25, -0.2) is 13.8 Å². The van der Waals surface area contributed by atoms with Gasteiger partial charge in [-0.3, -0.25) is 0 Å². The van der Waals surface area contributed by atoms with Crippen LogP contribution in [0, 0.1) is 11.6 Å². The summed E-state index contributed by atoms with van der Waals surface area (Å²) in [6, 6.07) is 2.25. The quantitative estimate of drug-likeness (QED) is 0.807. The lowest BCUT2D eigenvalue weighted by atomic mass is 10.1. The summed E-state index contributed by atoms with van der Waals surface area (Å²) in [6.07, 6.45) is 0.894. The molecule has 1 fully saturated rings. The predicted octanol–water partition coefficient (Wildman–Crippen LogP) is 2.34. The first-order valence-electron chi connectivity index (χ1n) is 5.16. The Hall–Kier alpha value is -1.49. The lowest BCUT2D eigenvalue weighted by Gasteiger charge is -2.00. The molecular formula is C11H10F2N2O. The average Bonchev–Trinajstić information content (AvgIpc) is 2.86. The molecule has 1 atom stereocenters. The number of benzene rings is 1. The summed E-state index contributed by atoms with van der Waals surface area (Å²) >= 11 is 0. The van der Waals surface area contributed by atoms with Crippen molar-refractivity contribution < 1.29 is 13.5 Å². The molecule has 1 aromatic heterocycles. The highest BCUT2D eigenvalue weighted by Crippen LogP contribution is 2.25. The van der Waals surface area contributed by atoms with Gasteiger partial charge in [-0.2, -0.15) is 0 Å². The van der Waals surface area contributed by atoms with E-state index in [1.54, 1.807) is 0 Å². The molecule has 0 amide bonds. The molecule has 1 aromatic carbocycles. The molecule has 0 spiro atoms. The molecule has 1 aliphatic heterocycles. The maximum atomic E-state index is 13.0. The van der Waals surface area contributed by atoms with E-state index >= 15 is 0 Å². The molecular weight excluding hydrogens is 214 g/mol. The van der Waals surface area contributed by atoms with Gasteiger partial charge < -0.3 is 9.72 Å². The van der Waals surface area contributed by atoms with Gasteiger partial charge >= 0.3 is 0 Å². The van der Waals surface area contributed by atoms with Crippen LogP contribution in [0.15, 0.2) is 12.1 Å². The second kappa shape index (κ2) is 3.52. The van der Waals surface area contributed by atoms with Crippen molar-refractivity contribution in [1.82, 2.24) is 9.97 Å². The molecule has 1 N–H and O–H groups in total. The summed E-state index contributed by atoms with van der Waals surface area (Å²) in [4.78, 5) is 7.26. The van der Waals surface area contributed by atoms with Gasteiger partial charge in [0.1, 0.15) is 5.82 Å². The number of aromatic amines is 1. The highest BCUT2D eigenvalue weighted by Gasteiger charge is 2.21. The van der Waals surface area contributed by atoms with Crippen molar-refractivity contribution in [2.24, 2.45) is 0 Å². The molecule has 1 unspecified atom stereocenters. The van der Waals surface area contributed by atoms with Gasteiger partial charge in [0, 0.05) is 24.7 Å². The van der Waals surface area contributed by atoms with Crippen LogP contribution < -0.4 is 0 Å². The molecule has 1 saturated heterocycles. The largest absolute Gasteiger partial charge is 0.381 e. The lowest BCUT2D eigenvalue weighted by molar-refractivity contribution is 0.193. The number of imidazole rings is 1. The number of hydrogen-bond acceptors (Lipinski definition) is 2. The number of nitrogens with one attached hydrogen (secondary N) is 1. The van der Waals surface area contributed by atoms with Gasteiger partial charge in [-0.05, 0) is 6.42 Å². The minimum Gasteiger partial charge on any atom is -0.381 e. The third-order valence-corrected chi connectivity index (χ3v) is 2.86. The van der Waals surface area contributed by atoms with Gasteiger partial charge in [0.15, 0.2) is 11.6 Å². The van der Waals surface area contributed by atoms with E-state index in [1.165, 1.54) is 0 Å². The van der Waals surface area contributed by atoms with Crippen LogP contribution in [0.3, 0.4) is 0 Å². The zero-order chi connectivity index (χ0) is 11.1. The fourth-order valence-electron chi connectivity index (χ4n) is 1.97. The summed E-state index contributed by atoms with van der Waals surface area (Å²) in [6.45, 7) is 1.33. The number of nitrogens with zero attached hydrogens (tertiary/aromatic N) is 1. The smallest absolute Gasteiger partial charge is 0.161 e. The SMILES string of the molecule is Fc1cc2nc(C3CCOC3)[nH]c2cc1F. The summed E-state index contributed by atoms with van der Waals surface area (Å²) < 4.78 is 31.2. The van der Waals surface area contributed by atoms with Crippen molar-refractivity contribution in [2.45, 2.75) is 12.3 Å². The van der Waals surface area contributed by atoms with Crippen LogP contribution in [0.5, 0.6) is 0 Å². The van der Waals surface area contributed by atoms with Crippen LogP contribution in [0.1, 0.15) is 18.2 Å². The molecule has 3 nitrogen and oxygen atoms in total. The number of aromatic nitrogens is 2. The Balaban J connectivity index is 2.08. The van der Waals surface area contributed by atoms with E-state index in [9.17, 15) is 8.78 Å². The maximum absolute atomic E-state index is 13.0. The van der Waals surface area contributed by atoms with Crippen molar-refractivity contribution in [3.8, 4) is 0 Å². The van der Waals surface area contributed by atoms with E-state index in [4.69, 9.17) is 4.74 Å². The van der Waals surface area contributed by atoms with E-state index in [-0.39, 0.29) is 5.92 Å². The van der Waals surface area contributed by atoms with Gasteiger partial charge in [0.05, 0.1) is 17.6 Å². The van der Waals surface area contributed by atoms with E-state index in [1.807, 2.05) is 0 Å². The zero-order valence-corrected chi connectivity index (χ0v) is 8.46. The molecule has 84 valence electrons. The second-order valence-electron chi connectivity index (χ2n) is 3.97. The minimum atomic E-state index is -0.867. The number of hydrogen-bond donors (Lipinski definition) is 1. The molecule has 0 aliphatic carbocycles. The standard InChI is InChI=1S/C11H10F2N2O/c12-7-3-9-10(4-8(7)13)15-11(14-9)6-1-2-16-5-6/h3-4,6H,1-2,5H2,(H,14,15). The predicted molar refractivity (Wildman–Crippen MR) is 54.2 cm³/mol. The Kier molecular flexibility index (Phi) is 2.14. The zero-order valence-electron chi connectivity index (χ0n) is 8.46. The number of halogens is 2. The number of fused-ring (bicyclic) bond motifs is 1. The van der Waals surface area contributed by atoms with Gasteiger partial charge in [0.25, 0.3) is 0 Å². The first kappa shape index (κ1) is 9.72. The number of H-pyrrole nitrogens is 1. The van der Waals surface area contributed by atoms with Crippen molar-refractivity contribution in [3.63, 3.8) is 0 Å². The van der Waals surface area contributed by atoms with Crippen molar-refractivity contribution in [1.29, 1.82) is 0 Å². The third kappa shape index (κ3) is 1.48. The minimum absolute atomic E-state index is 0.207. The van der Waals surface area contributed by atoms with Crippen LogP contribution in [0.25, 0.3) is 11.0 Å². The summed E-state index contributed by atoms with van der Waals surface area (Å²) in [5, 5.41) is 0. The Morgan fingerprint density at radius 1 is 1.31 bits per heavy atom. The summed E-state index contributed by atoms with van der Waals surface area (Å²) in [5.74, 6) is -0.769. The van der Waals surface area contributed by atoms with E-state index in [0.717, 1.165) is 24.4 Å². The molecule has 0 radical (unpaired) electrons. The van der Waals surface area contributed by atoms with Crippen molar-refractivity contribution in [2.75, 3.05) is 13.2 Å². The molecule has 2 aromatic rings. The van der Waals surface area contributed by atoms with Crippen molar-refractivity contribution >= 4 is 11.0 Å². The van der Waals surface area contributed by atoms with E-state index < -0.39 is 11.6 Å². The van der Waals surface area contributed by atoms with Crippen molar-refractivity contribution in [3.05, 3.63) is 29.6 Å². The fraction of sp³-hybridized carbons (Fsp3) is 0.364. The van der Waals surface area contributed by atoms with Crippen LogP contribution in [-0.4, -0.2) is 23.2 Å². The first-order chi connectivity index (χ1) is 7.74. The van der Waals surface area contributed by atoms with Crippen LogP contribution in [0.2, 0.25) is 0 Å². The molecule has 1 aliphatic rings. The monoisotopic (exact) mass is 224 g/mol. The van der Waals surface area contributed by atoms with Crippen LogP contribution >= 0.6 is 0 Å². The molecule has 0 bridgehead atoms. The second-order valence-corrected chi connectivity index (χ2v) is 3.97. The third-order valence-electron chi connectivity index (χ3n) is 2.86. The van der Waals surface area contributed by atoms with E-state index in [2.05, 4.69) is 9.97 Å². The lowest BCUT2D eigenvalue weighted by Crippen LogP contribution is -1.99. The normalized spacial score (nSPS) is 20.8. The number of ether oxygens (including phenoxy) is 1. The molecule has 5 heteroatoms. The average molecular weight is 224 g/mol. The molecule has 3 rings (SSSR count). The van der Waals surface area contributed by atoms with Crippen LogP contribution in [0.4, 0.5) is 8.78 Å². The fourth-order valence-corrected chi connectivity index (χ4v) is 1.97. The van der Waals surface area contributed by atoms with Gasteiger partial charge in [-0.1, -0.05) is 0 Å². The molecule has 2 heterocycles. The van der Waals surface area contributed by atoms with Gasteiger partial charge in [0.2, 0.25) is 0 Å². The topological polar surface area (TPSA) is 37.9 Å². The molecule has 0 saturated carbocycles. The maximum Gasteiger partial charge on any atom is 0.161 e. The first-order valence-corrected chi connectivity index (χ1v) is 5.16.